The molecule has 0 fully saturated rings. The molecule has 10 nitrogen and oxygen atoms in total. The summed E-state index contributed by atoms with van der Waals surface area (Å²) >= 11 is 7.42. The molecule has 552 valence electrons. The summed E-state index contributed by atoms with van der Waals surface area (Å²) in [6.07, 6.45) is 3.59. The van der Waals surface area contributed by atoms with Crippen molar-refractivity contribution in [3.05, 3.63) is 418 Å². The fourth-order valence-corrected chi connectivity index (χ4v) is 22.8. The normalized spacial score (nSPS) is 13.4. The number of benzene rings is 13. The molecular weight excluding hydrogens is 1520 g/mol. The molecule has 2 spiro atoms. The quantitative estimate of drug-likeness (QED) is 0.139. The van der Waals surface area contributed by atoms with Crippen molar-refractivity contribution in [2.75, 3.05) is 9.80 Å². The zero-order valence-electron chi connectivity index (χ0n) is 62.9. The molecule has 10 heterocycles. The number of hydrogen-bond acceptors (Lipinski definition) is 14. The Morgan fingerprint density at radius 2 is 0.500 bits per heavy atom. The Labute approximate surface area is 695 Å². The second-order valence-electron chi connectivity index (χ2n) is 30.1. The van der Waals surface area contributed by atoms with E-state index in [0.717, 1.165) is 61.8 Å². The highest BCUT2D eigenvalue weighted by Gasteiger charge is 2.55. The summed E-state index contributed by atoms with van der Waals surface area (Å²) in [5.41, 5.74) is 23.7. The molecule has 2 aliphatic carbocycles. The molecule has 14 heteroatoms. The van der Waals surface area contributed by atoms with Gasteiger partial charge in [0.15, 0.2) is 34.9 Å². The Morgan fingerprint density at radius 1 is 0.203 bits per heavy atom. The highest BCUT2D eigenvalue weighted by Crippen LogP contribution is 2.69. The third-order valence-electron chi connectivity index (χ3n) is 23.8. The van der Waals surface area contributed by atoms with Crippen molar-refractivity contribution in [3.8, 4) is 99.2 Å². The Bertz CT molecular complexity index is 7270. The molecule has 13 aromatic carbocycles. The van der Waals surface area contributed by atoms with Gasteiger partial charge >= 0.3 is 0 Å². The lowest BCUT2D eigenvalue weighted by Gasteiger charge is -2.45. The molecular formula is C104H62N10S4. The van der Waals surface area contributed by atoms with E-state index in [9.17, 15) is 0 Å². The van der Waals surface area contributed by atoms with Crippen LogP contribution in [0.2, 0.25) is 0 Å². The molecule has 0 bridgehead atoms. The molecule has 2 aliphatic heterocycles. The van der Waals surface area contributed by atoms with E-state index in [2.05, 4.69) is 284 Å². The summed E-state index contributed by atoms with van der Waals surface area (Å²) in [6.45, 7) is 0. The summed E-state index contributed by atoms with van der Waals surface area (Å²) in [7, 11) is 0. The van der Waals surface area contributed by atoms with Gasteiger partial charge in [-0.05, 0) is 243 Å². The average molecular weight is 1580 g/mol. The lowest BCUT2D eigenvalue weighted by Crippen LogP contribution is -2.36. The summed E-state index contributed by atoms with van der Waals surface area (Å²) in [5, 5.41) is 18.8. The minimum absolute atomic E-state index is 0.467. The minimum Gasteiger partial charge on any atom is -0.310 e. The Kier molecular flexibility index (Phi) is 15.7. The lowest BCUT2D eigenvalue weighted by atomic mass is 9.64. The summed E-state index contributed by atoms with van der Waals surface area (Å²) in [4.78, 5) is 49.8. The summed E-state index contributed by atoms with van der Waals surface area (Å²) < 4.78 is 0. The average Bonchev–Trinajstić information content (AvgIpc) is 1.48. The number of hydrogen-bond donors (Lipinski definition) is 0. The maximum absolute atomic E-state index is 5.12. The van der Waals surface area contributed by atoms with Crippen LogP contribution < -0.4 is 9.80 Å². The Morgan fingerprint density at radius 3 is 0.873 bits per heavy atom. The van der Waals surface area contributed by atoms with E-state index < -0.39 is 10.8 Å². The van der Waals surface area contributed by atoms with Gasteiger partial charge in [-0.2, -0.15) is 0 Å². The molecule has 0 N–H and O–H groups in total. The molecule has 0 saturated carbocycles. The van der Waals surface area contributed by atoms with Crippen LogP contribution in [0.3, 0.4) is 0 Å². The first-order chi connectivity index (χ1) is 58.4. The predicted molar refractivity (Wildman–Crippen MR) is 486 cm³/mol. The molecule has 0 radical (unpaired) electrons. The molecule has 0 amide bonds. The first-order valence-electron chi connectivity index (χ1n) is 39.3. The number of nitrogens with zero attached hydrogens (tertiary/aromatic N) is 10. The Hall–Kier alpha value is -14.4. The van der Waals surface area contributed by atoms with Gasteiger partial charge in [-0.15, -0.1) is 45.3 Å². The van der Waals surface area contributed by atoms with Gasteiger partial charge in [0.2, 0.25) is 0 Å². The van der Waals surface area contributed by atoms with E-state index in [-0.39, 0.29) is 0 Å². The van der Waals surface area contributed by atoms with Gasteiger partial charge < -0.3 is 9.80 Å². The van der Waals surface area contributed by atoms with Gasteiger partial charge in [-0.25, -0.2) is 29.9 Å². The first kappa shape index (κ1) is 68.1. The van der Waals surface area contributed by atoms with Crippen molar-refractivity contribution in [2.24, 2.45) is 0 Å². The van der Waals surface area contributed by atoms with E-state index in [1.54, 1.807) is 6.20 Å². The Balaban J connectivity index is 0.000000135. The van der Waals surface area contributed by atoms with Gasteiger partial charge in [-0.1, -0.05) is 206 Å². The number of anilines is 6. The first-order valence-corrected chi connectivity index (χ1v) is 42.8. The van der Waals surface area contributed by atoms with Crippen LogP contribution in [0.15, 0.2) is 374 Å². The van der Waals surface area contributed by atoms with Crippen LogP contribution in [0.5, 0.6) is 0 Å². The number of thiophene rings is 4. The monoisotopic (exact) mass is 1580 g/mol. The van der Waals surface area contributed by atoms with E-state index in [1.807, 2.05) is 149 Å². The third-order valence-corrected chi connectivity index (χ3v) is 27.8. The standard InChI is InChI=1S/C55H33N5S2.C49H29N5S2/c1-2-10-35(11-3-1)52-57-53(36-19-17-34(18-20-36)47-16-8-9-27-56-47)59-54(58-52)37-21-23-42(24-22-37)60-48-32-40-14-6-4-12-38(40)30-45(48)55(43-25-28-61-50(43)51-44(55)26-29-62-51)46-31-39-13-5-7-15-41(39)33-49(46)60;1-2-11-30(12-3-1)46-51-47(53-48(52-46)41-19-8-9-22-50-41)35-17-10-18-36(25-35)54-42-28-33-15-6-4-13-31(33)26-39(42)49(37-20-23-55-44(37)45-38(49)21-24-56-45)40-27-32-14-5-7-16-34(32)29-43(40)54/h1-33H;1-29H. The van der Waals surface area contributed by atoms with Crippen molar-refractivity contribution in [1.29, 1.82) is 0 Å². The van der Waals surface area contributed by atoms with Gasteiger partial charge in [0.25, 0.3) is 0 Å². The van der Waals surface area contributed by atoms with E-state index in [4.69, 9.17) is 29.9 Å². The summed E-state index contributed by atoms with van der Waals surface area (Å²) in [5.74, 6) is 3.59. The van der Waals surface area contributed by atoms with E-state index in [0.29, 0.717) is 40.6 Å². The largest absolute Gasteiger partial charge is 0.310 e. The molecule has 21 aromatic rings. The van der Waals surface area contributed by atoms with E-state index in [1.165, 1.54) is 118 Å². The van der Waals surface area contributed by atoms with E-state index >= 15 is 0 Å². The second kappa shape index (κ2) is 27.1. The fraction of sp³-hybridized carbons (Fsp3) is 0.0192. The van der Waals surface area contributed by atoms with Gasteiger partial charge in [0, 0.05) is 76.7 Å². The van der Waals surface area contributed by atoms with Crippen molar-refractivity contribution in [1.82, 2.24) is 39.9 Å². The highest BCUT2D eigenvalue weighted by atomic mass is 32.1. The number of pyridine rings is 2. The van der Waals surface area contributed by atoms with Crippen molar-refractivity contribution in [2.45, 2.75) is 10.8 Å². The molecule has 118 heavy (non-hydrogen) atoms. The maximum atomic E-state index is 5.12. The zero-order chi connectivity index (χ0) is 77.6. The van der Waals surface area contributed by atoms with Crippen LogP contribution in [-0.4, -0.2) is 39.9 Å². The van der Waals surface area contributed by atoms with Crippen LogP contribution in [-0.2, 0) is 10.8 Å². The molecule has 0 saturated heterocycles. The van der Waals surface area contributed by atoms with Crippen molar-refractivity contribution < 1.29 is 0 Å². The SMILES string of the molecule is c1ccc(-c2nc(-c3ccc(-c4ccccn4)cc3)nc(-c3ccc(N4c5cc6ccccc6cc5C5(c6cc7ccccc7cc64)c4ccsc4-c4sccc45)cc3)n2)cc1.c1ccc(-c2nc(-c3cccc(N4c5cc6ccccc6cc5C5(c6cc7ccccc7cc64)c4ccsc4-c4sccc45)c3)nc(-c3ccccn3)n2)cc1. The molecule has 0 unspecified atom stereocenters. The van der Waals surface area contributed by atoms with Gasteiger partial charge in [0.1, 0.15) is 5.69 Å². The van der Waals surface area contributed by atoms with Crippen LogP contribution in [0.25, 0.3) is 142 Å². The summed E-state index contributed by atoms with van der Waals surface area (Å²) in [6, 6.07) is 122. The topological polar surface area (TPSA) is 110 Å². The van der Waals surface area contributed by atoms with Crippen LogP contribution in [0.4, 0.5) is 34.1 Å². The lowest BCUT2D eigenvalue weighted by molar-refractivity contribution is 0.759. The van der Waals surface area contributed by atoms with Crippen LogP contribution >= 0.6 is 45.3 Å². The zero-order valence-corrected chi connectivity index (χ0v) is 66.2. The predicted octanol–water partition coefficient (Wildman–Crippen LogP) is 27.4. The smallest absolute Gasteiger partial charge is 0.182 e. The fourth-order valence-electron chi connectivity index (χ4n) is 18.6. The van der Waals surface area contributed by atoms with Crippen molar-refractivity contribution >= 4 is 123 Å². The highest BCUT2D eigenvalue weighted by molar-refractivity contribution is 7.21. The third kappa shape index (κ3) is 10.6. The van der Waals surface area contributed by atoms with Gasteiger partial charge in [-0.3, -0.25) is 9.97 Å². The van der Waals surface area contributed by atoms with Gasteiger partial charge in [0.05, 0.1) is 39.3 Å². The maximum Gasteiger partial charge on any atom is 0.182 e. The number of fused-ring (bicyclic) bond motifs is 22. The molecule has 25 rings (SSSR count). The van der Waals surface area contributed by atoms with Crippen LogP contribution in [0.1, 0.15) is 44.5 Å². The molecule has 0 atom stereocenters. The minimum atomic E-state index is -0.478. The number of rotatable bonds is 9. The van der Waals surface area contributed by atoms with Crippen molar-refractivity contribution in [3.63, 3.8) is 0 Å². The molecule has 8 aromatic heterocycles. The second-order valence-corrected chi connectivity index (χ2v) is 33.8. The van der Waals surface area contributed by atoms with Crippen LogP contribution in [0, 0.1) is 0 Å². The number of aromatic nitrogens is 8. The molecule has 4 aliphatic rings.